The lowest BCUT2D eigenvalue weighted by Gasteiger charge is -2.06. The Balaban J connectivity index is 1.63. The molecule has 0 saturated heterocycles. The zero-order chi connectivity index (χ0) is 18.4. The summed E-state index contributed by atoms with van der Waals surface area (Å²) in [5.74, 6) is 0.527. The molecule has 6 heteroatoms. The fraction of sp³-hybridized carbons (Fsp3) is 0.100. The van der Waals surface area contributed by atoms with Gasteiger partial charge >= 0.3 is 0 Å². The van der Waals surface area contributed by atoms with Crippen molar-refractivity contribution in [1.82, 2.24) is 9.99 Å². The van der Waals surface area contributed by atoms with Gasteiger partial charge in [0.2, 0.25) is 5.91 Å². The van der Waals surface area contributed by atoms with Gasteiger partial charge < -0.3 is 9.30 Å². The maximum absolute atomic E-state index is 12.0. The molecule has 1 heterocycles. The monoisotopic (exact) mass is 367 g/mol. The zero-order valence-electron chi connectivity index (χ0n) is 14.2. The fourth-order valence-electron chi connectivity index (χ4n) is 2.51. The van der Waals surface area contributed by atoms with Crippen LogP contribution in [0.5, 0.6) is 5.75 Å². The van der Waals surface area contributed by atoms with Gasteiger partial charge in [-0.05, 0) is 54.1 Å². The van der Waals surface area contributed by atoms with E-state index < -0.39 is 0 Å². The minimum absolute atomic E-state index is 0.195. The number of benzene rings is 2. The lowest BCUT2D eigenvalue weighted by Crippen LogP contribution is -2.20. The average Bonchev–Trinajstić information content (AvgIpc) is 3.11. The SMILES string of the molecule is COc1cccc(CC(=O)N/N=C/c2cccn2-c2ccc(Cl)cc2)c1. The van der Waals surface area contributed by atoms with Crippen molar-refractivity contribution in [3.05, 3.63) is 83.1 Å². The average molecular weight is 368 g/mol. The van der Waals surface area contributed by atoms with E-state index in [1.807, 2.05) is 71.4 Å². The Morgan fingerprint density at radius 2 is 2.00 bits per heavy atom. The lowest BCUT2D eigenvalue weighted by molar-refractivity contribution is -0.120. The summed E-state index contributed by atoms with van der Waals surface area (Å²) in [5, 5.41) is 4.73. The van der Waals surface area contributed by atoms with Crippen LogP contribution in [0.1, 0.15) is 11.3 Å². The molecule has 3 rings (SSSR count). The van der Waals surface area contributed by atoms with Gasteiger partial charge in [-0.1, -0.05) is 23.7 Å². The third-order valence-electron chi connectivity index (χ3n) is 3.77. The highest BCUT2D eigenvalue weighted by molar-refractivity contribution is 6.30. The van der Waals surface area contributed by atoms with Gasteiger partial charge in [0.25, 0.3) is 0 Å². The molecule has 2 aromatic carbocycles. The molecule has 0 unspecified atom stereocenters. The third-order valence-corrected chi connectivity index (χ3v) is 4.02. The summed E-state index contributed by atoms with van der Waals surface area (Å²) in [4.78, 5) is 12.0. The molecule has 1 N–H and O–H groups in total. The van der Waals surface area contributed by atoms with E-state index in [1.165, 1.54) is 0 Å². The Morgan fingerprint density at radius 1 is 1.19 bits per heavy atom. The number of methoxy groups -OCH3 is 1. The largest absolute Gasteiger partial charge is 0.497 e. The number of nitrogens with one attached hydrogen (secondary N) is 1. The van der Waals surface area contributed by atoms with Gasteiger partial charge in [-0.15, -0.1) is 0 Å². The Morgan fingerprint density at radius 3 is 2.77 bits per heavy atom. The van der Waals surface area contributed by atoms with Crippen LogP contribution in [0.15, 0.2) is 72.0 Å². The van der Waals surface area contributed by atoms with E-state index in [4.69, 9.17) is 16.3 Å². The lowest BCUT2D eigenvalue weighted by atomic mass is 10.1. The van der Waals surface area contributed by atoms with Gasteiger partial charge in [-0.2, -0.15) is 5.10 Å². The smallest absolute Gasteiger partial charge is 0.244 e. The first kappa shape index (κ1) is 17.8. The van der Waals surface area contributed by atoms with Crippen molar-refractivity contribution < 1.29 is 9.53 Å². The summed E-state index contributed by atoms with van der Waals surface area (Å²) in [6.45, 7) is 0. The van der Waals surface area contributed by atoms with Crippen LogP contribution < -0.4 is 10.2 Å². The fourth-order valence-corrected chi connectivity index (χ4v) is 2.64. The van der Waals surface area contributed by atoms with Crippen molar-refractivity contribution in [3.8, 4) is 11.4 Å². The van der Waals surface area contributed by atoms with Gasteiger partial charge in [-0.3, -0.25) is 4.79 Å². The Labute approximate surface area is 156 Å². The summed E-state index contributed by atoms with van der Waals surface area (Å²) in [6.07, 6.45) is 3.76. The molecule has 5 nitrogen and oxygen atoms in total. The first-order valence-corrected chi connectivity index (χ1v) is 8.41. The van der Waals surface area contributed by atoms with Crippen molar-refractivity contribution >= 4 is 23.7 Å². The summed E-state index contributed by atoms with van der Waals surface area (Å²) < 4.78 is 7.11. The maximum Gasteiger partial charge on any atom is 0.244 e. The Hall–Kier alpha value is -3.05. The van der Waals surface area contributed by atoms with Crippen LogP contribution >= 0.6 is 11.6 Å². The topological polar surface area (TPSA) is 55.6 Å². The van der Waals surface area contributed by atoms with Crippen LogP contribution in [0.4, 0.5) is 0 Å². The van der Waals surface area contributed by atoms with Crippen LogP contribution in [-0.4, -0.2) is 23.8 Å². The van der Waals surface area contributed by atoms with E-state index >= 15 is 0 Å². The van der Waals surface area contributed by atoms with E-state index in [0.29, 0.717) is 5.02 Å². The molecule has 0 saturated carbocycles. The number of carbonyl (C=O) groups is 1. The molecule has 0 aliphatic rings. The van der Waals surface area contributed by atoms with Gasteiger partial charge in [0.15, 0.2) is 0 Å². The molecular formula is C20H18ClN3O2. The summed E-state index contributed by atoms with van der Waals surface area (Å²) in [5.41, 5.74) is 5.22. The third kappa shape index (κ3) is 4.52. The van der Waals surface area contributed by atoms with E-state index in [1.54, 1.807) is 13.3 Å². The molecule has 0 aliphatic carbocycles. The van der Waals surface area contributed by atoms with Crippen LogP contribution in [0.3, 0.4) is 0 Å². The number of rotatable bonds is 6. The first-order valence-electron chi connectivity index (χ1n) is 8.04. The second-order valence-corrected chi connectivity index (χ2v) is 6.04. The number of hydrazone groups is 1. The molecule has 1 amide bonds. The normalized spacial score (nSPS) is 10.8. The number of aromatic nitrogens is 1. The summed E-state index contributed by atoms with van der Waals surface area (Å²) in [7, 11) is 1.60. The second kappa shape index (κ2) is 8.36. The Kier molecular flexibility index (Phi) is 5.71. The molecule has 1 aromatic heterocycles. The van der Waals surface area contributed by atoms with E-state index in [2.05, 4.69) is 10.5 Å². The summed E-state index contributed by atoms with van der Waals surface area (Å²) >= 11 is 5.93. The number of halogens is 1. The van der Waals surface area contributed by atoms with Crippen molar-refractivity contribution in [1.29, 1.82) is 0 Å². The van der Waals surface area contributed by atoms with Crippen molar-refractivity contribution in [2.45, 2.75) is 6.42 Å². The summed E-state index contributed by atoms with van der Waals surface area (Å²) in [6, 6.07) is 18.7. The van der Waals surface area contributed by atoms with E-state index in [9.17, 15) is 4.79 Å². The van der Waals surface area contributed by atoms with Gasteiger partial charge in [-0.25, -0.2) is 5.43 Å². The second-order valence-electron chi connectivity index (χ2n) is 5.60. The van der Waals surface area contributed by atoms with Crippen LogP contribution in [-0.2, 0) is 11.2 Å². The highest BCUT2D eigenvalue weighted by atomic mass is 35.5. The van der Waals surface area contributed by atoms with Gasteiger partial charge in [0, 0.05) is 16.9 Å². The molecule has 0 radical (unpaired) electrons. The predicted octanol–water partition coefficient (Wildman–Crippen LogP) is 3.83. The van der Waals surface area contributed by atoms with Crippen LogP contribution in [0.2, 0.25) is 5.02 Å². The molecule has 0 spiro atoms. The first-order chi connectivity index (χ1) is 12.7. The van der Waals surface area contributed by atoms with Crippen molar-refractivity contribution in [2.24, 2.45) is 5.10 Å². The minimum Gasteiger partial charge on any atom is -0.497 e. The number of carbonyl (C=O) groups excluding carboxylic acids is 1. The zero-order valence-corrected chi connectivity index (χ0v) is 15.0. The number of hydrogen-bond acceptors (Lipinski definition) is 3. The number of amides is 1. The molecule has 0 fully saturated rings. The minimum atomic E-state index is -0.195. The molecule has 26 heavy (non-hydrogen) atoms. The standard InChI is InChI=1S/C20H18ClN3O2/c1-26-19-6-2-4-15(12-19)13-20(25)23-22-14-18-5-3-11-24(18)17-9-7-16(21)8-10-17/h2-12,14H,13H2,1H3,(H,23,25)/b22-14+. The number of nitrogens with zero attached hydrogens (tertiary/aromatic N) is 2. The molecule has 0 bridgehead atoms. The van der Waals surface area contributed by atoms with Crippen LogP contribution in [0.25, 0.3) is 5.69 Å². The molecule has 0 aliphatic heterocycles. The molecule has 0 atom stereocenters. The van der Waals surface area contributed by atoms with E-state index in [-0.39, 0.29) is 12.3 Å². The predicted molar refractivity (Wildman–Crippen MR) is 103 cm³/mol. The Bertz CT molecular complexity index is 917. The maximum atomic E-state index is 12.0. The molecular weight excluding hydrogens is 350 g/mol. The number of hydrogen-bond donors (Lipinski definition) is 1. The molecule has 132 valence electrons. The molecule has 3 aromatic rings. The van der Waals surface area contributed by atoms with Crippen molar-refractivity contribution in [3.63, 3.8) is 0 Å². The number of ether oxygens (including phenoxy) is 1. The highest BCUT2D eigenvalue weighted by Crippen LogP contribution is 2.15. The van der Waals surface area contributed by atoms with Gasteiger partial charge in [0.1, 0.15) is 5.75 Å². The van der Waals surface area contributed by atoms with Crippen LogP contribution in [0, 0.1) is 0 Å². The quantitative estimate of drug-likeness (QED) is 0.531. The van der Waals surface area contributed by atoms with Crippen molar-refractivity contribution in [2.75, 3.05) is 7.11 Å². The van der Waals surface area contributed by atoms with E-state index in [0.717, 1.165) is 22.7 Å². The highest BCUT2D eigenvalue weighted by Gasteiger charge is 2.04. The van der Waals surface area contributed by atoms with Gasteiger partial charge in [0.05, 0.1) is 25.4 Å².